The van der Waals surface area contributed by atoms with Gasteiger partial charge in [0.05, 0.1) is 16.1 Å². The van der Waals surface area contributed by atoms with E-state index < -0.39 is 5.91 Å². The summed E-state index contributed by atoms with van der Waals surface area (Å²) in [4.78, 5) is 15.6. The molecule has 0 unspecified atom stereocenters. The van der Waals surface area contributed by atoms with Crippen molar-refractivity contribution in [3.8, 4) is 5.75 Å². The zero-order chi connectivity index (χ0) is 19.4. The number of aryl methyl sites for hydroxylation is 1. The van der Waals surface area contributed by atoms with Gasteiger partial charge < -0.3 is 16.2 Å². The van der Waals surface area contributed by atoms with E-state index >= 15 is 0 Å². The first-order valence-electron chi connectivity index (χ1n) is 7.28. The van der Waals surface area contributed by atoms with Crippen LogP contribution in [0.1, 0.15) is 21.6 Å². The number of aromatic hydroxyl groups is 1. The van der Waals surface area contributed by atoms with E-state index in [0.29, 0.717) is 16.1 Å². The summed E-state index contributed by atoms with van der Waals surface area (Å²) >= 11 is 14.5. The lowest BCUT2D eigenvalue weighted by atomic mass is 10.1. The molecule has 0 radical (unpaired) electrons. The number of nitrogens with one attached hydrogen (secondary N) is 1. The standard InChI is InChI=1S/C11H9BrN2O.C7H5Cl2NO/c1-6-4-9(11(13)15)8-5-7(12)2-3-10(8)14-6;8-5-1-4(3-10)7(11)6(9)2-5/h2-5H,1H3,(H2,13,15);1-3,10-11H. The van der Waals surface area contributed by atoms with E-state index in [1.165, 1.54) is 12.1 Å². The average Bonchev–Trinajstić information content (AvgIpc) is 2.58. The Bertz CT molecular complexity index is 1010. The molecule has 4 N–H and O–H groups in total. The van der Waals surface area contributed by atoms with Crippen LogP contribution in [0.15, 0.2) is 40.9 Å². The van der Waals surface area contributed by atoms with E-state index in [9.17, 15) is 9.90 Å². The molecule has 134 valence electrons. The van der Waals surface area contributed by atoms with Crippen LogP contribution in [0.5, 0.6) is 5.75 Å². The molecular formula is C18H14BrCl2N3O2. The molecule has 0 saturated carbocycles. The maximum atomic E-state index is 11.3. The molecule has 8 heteroatoms. The molecule has 0 atom stereocenters. The Morgan fingerprint density at radius 2 is 1.96 bits per heavy atom. The predicted octanol–water partition coefficient (Wildman–Crippen LogP) is 5.10. The lowest BCUT2D eigenvalue weighted by Gasteiger charge is -2.04. The van der Waals surface area contributed by atoms with Crippen molar-refractivity contribution in [2.75, 3.05) is 0 Å². The minimum Gasteiger partial charge on any atom is -0.506 e. The van der Waals surface area contributed by atoms with Crippen molar-refractivity contribution in [1.82, 2.24) is 4.98 Å². The zero-order valence-corrected chi connectivity index (χ0v) is 16.7. The number of benzene rings is 2. The molecule has 5 nitrogen and oxygen atoms in total. The monoisotopic (exact) mass is 453 g/mol. The highest BCUT2D eigenvalue weighted by Gasteiger charge is 2.09. The number of carbonyl (C=O) groups excluding carboxylic acids is 1. The lowest BCUT2D eigenvalue weighted by Crippen LogP contribution is -2.12. The predicted molar refractivity (Wildman–Crippen MR) is 109 cm³/mol. The molecule has 0 aliphatic carbocycles. The third-order valence-electron chi connectivity index (χ3n) is 3.38. The number of amides is 1. The molecule has 0 bridgehead atoms. The molecule has 1 amide bonds. The molecular weight excluding hydrogens is 441 g/mol. The number of phenolic OH excluding ortho intramolecular Hbond substituents is 1. The summed E-state index contributed by atoms with van der Waals surface area (Å²) in [5.74, 6) is -0.533. The van der Waals surface area contributed by atoms with Crippen LogP contribution in [-0.2, 0) is 0 Å². The van der Waals surface area contributed by atoms with Crippen LogP contribution in [0.2, 0.25) is 10.0 Å². The van der Waals surface area contributed by atoms with Gasteiger partial charge in [-0.05, 0) is 43.3 Å². The molecule has 2 aromatic carbocycles. The van der Waals surface area contributed by atoms with Gasteiger partial charge in [0, 0.05) is 32.4 Å². The number of hydrogen-bond donors (Lipinski definition) is 3. The molecule has 0 aliphatic rings. The van der Waals surface area contributed by atoms with Crippen molar-refractivity contribution in [3.05, 3.63) is 67.7 Å². The van der Waals surface area contributed by atoms with Crippen LogP contribution in [0, 0.1) is 12.3 Å². The fraction of sp³-hybridized carbons (Fsp3) is 0.0556. The summed E-state index contributed by atoms with van der Waals surface area (Å²) in [7, 11) is 0. The molecule has 0 fully saturated rings. The topological polar surface area (TPSA) is 100 Å². The number of nitrogens with two attached hydrogens (primary N) is 1. The first-order valence-corrected chi connectivity index (χ1v) is 8.83. The van der Waals surface area contributed by atoms with Crippen LogP contribution < -0.4 is 5.73 Å². The smallest absolute Gasteiger partial charge is 0.249 e. The molecule has 1 aromatic heterocycles. The van der Waals surface area contributed by atoms with E-state index in [1.807, 2.05) is 25.1 Å². The van der Waals surface area contributed by atoms with E-state index in [2.05, 4.69) is 20.9 Å². The summed E-state index contributed by atoms with van der Waals surface area (Å²) in [6.45, 7) is 1.84. The first kappa shape index (κ1) is 20.2. The van der Waals surface area contributed by atoms with E-state index in [4.69, 9.17) is 34.3 Å². The molecule has 3 aromatic rings. The number of rotatable bonds is 2. The van der Waals surface area contributed by atoms with Gasteiger partial charge in [-0.1, -0.05) is 39.1 Å². The Kier molecular flexibility index (Phi) is 6.58. The number of fused-ring (bicyclic) bond motifs is 1. The summed E-state index contributed by atoms with van der Waals surface area (Å²) < 4.78 is 0.906. The van der Waals surface area contributed by atoms with Gasteiger partial charge in [-0.15, -0.1) is 0 Å². The van der Waals surface area contributed by atoms with E-state index in [-0.39, 0.29) is 10.8 Å². The Morgan fingerprint density at radius 3 is 2.58 bits per heavy atom. The van der Waals surface area contributed by atoms with Crippen LogP contribution in [0.25, 0.3) is 10.9 Å². The van der Waals surface area contributed by atoms with Crippen molar-refractivity contribution in [2.45, 2.75) is 6.92 Å². The molecule has 0 aliphatic heterocycles. The number of nitrogens with zero attached hydrogens (tertiary/aromatic N) is 1. The van der Waals surface area contributed by atoms with Crippen LogP contribution in [0.4, 0.5) is 0 Å². The number of pyridine rings is 1. The van der Waals surface area contributed by atoms with Crippen molar-refractivity contribution < 1.29 is 9.90 Å². The second kappa shape index (κ2) is 8.49. The molecule has 26 heavy (non-hydrogen) atoms. The Morgan fingerprint density at radius 1 is 1.27 bits per heavy atom. The fourth-order valence-corrected chi connectivity index (χ4v) is 3.10. The summed E-state index contributed by atoms with van der Waals surface area (Å²) in [6.07, 6.45) is 0.993. The van der Waals surface area contributed by atoms with Gasteiger partial charge in [0.1, 0.15) is 5.75 Å². The average molecular weight is 455 g/mol. The SMILES string of the molecule is Cc1cc(C(N)=O)c2cc(Br)ccc2n1.N=Cc1cc(Cl)cc(Cl)c1O. The Labute approximate surface area is 168 Å². The van der Waals surface area contributed by atoms with Crippen molar-refractivity contribution in [1.29, 1.82) is 5.41 Å². The van der Waals surface area contributed by atoms with Gasteiger partial charge in [-0.25, -0.2) is 0 Å². The zero-order valence-electron chi connectivity index (χ0n) is 13.6. The highest BCUT2D eigenvalue weighted by molar-refractivity contribution is 9.10. The van der Waals surface area contributed by atoms with E-state index in [0.717, 1.165) is 27.3 Å². The van der Waals surface area contributed by atoms with Crippen LogP contribution in [-0.4, -0.2) is 22.2 Å². The Balaban J connectivity index is 0.000000197. The molecule has 1 heterocycles. The normalized spacial score (nSPS) is 10.2. The number of hydrogen-bond acceptors (Lipinski definition) is 4. The molecule has 3 rings (SSSR count). The highest BCUT2D eigenvalue weighted by Crippen LogP contribution is 2.29. The quantitative estimate of drug-likeness (QED) is 0.469. The number of aromatic nitrogens is 1. The largest absolute Gasteiger partial charge is 0.506 e. The third kappa shape index (κ3) is 4.72. The maximum absolute atomic E-state index is 11.3. The van der Waals surface area contributed by atoms with Gasteiger partial charge >= 0.3 is 0 Å². The van der Waals surface area contributed by atoms with Gasteiger partial charge in [0.15, 0.2) is 0 Å². The second-order valence-corrected chi connectivity index (χ2v) is 7.07. The first-order chi connectivity index (χ1) is 12.2. The van der Waals surface area contributed by atoms with Crippen molar-refractivity contribution in [2.24, 2.45) is 5.73 Å². The molecule has 0 spiro atoms. The molecule has 0 saturated heterocycles. The lowest BCUT2D eigenvalue weighted by molar-refractivity contribution is 0.100. The second-order valence-electron chi connectivity index (χ2n) is 5.31. The minimum absolute atomic E-state index is 0.105. The minimum atomic E-state index is -0.427. The fourth-order valence-electron chi connectivity index (χ4n) is 2.23. The summed E-state index contributed by atoms with van der Waals surface area (Å²) in [5.41, 5.74) is 7.73. The number of halogens is 3. The highest BCUT2D eigenvalue weighted by atomic mass is 79.9. The van der Waals surface area contributed by atoms with Crippen molar-refractivity contribution in [3.63, 3.8) is 0 Å². The summed E-state index contributed by atoms with van der Waals surface area (Å²) in [5, 5.41) is 17.4. The maximum Gasteiger partial charge on any atom is 0.249 e. The Hall–Kier alpha value is -2.15. The van der Waals surface area contributed by atoms with E-state index in [1.54, 1.807) is 6.07 Å². The number of primary amides is 1. The van der Waals surface area contributed by atoms with Crippen molar-refractivity contribution >= 4 is 62.2 Å². The van der Waals surface area contributed by atoms with Gasteiger partial charge in [0.25, 0.3) is 0 Å². The van der Waals surface area contributed by atoms with Gasteiger partial charge in [-0.2, -0.15) is 0 Å². The third-order valence-corrected chi connectivity index (χ3v) is 4.38. The van der Waals surface area contributed by atoms with Crippen LogP contribution in [0.3, 0.4) is 0 Å². The van der Waals surface area contributed by atoms with Gasteiger partial charge in [-0.3, -0.25) is 9.78 Å². The van der Waals surface area contributed by atoms with Crippen LogP contribution >= 0.6 is 39.1 Å². The van der Waals surface area contributed by atoms with Gasteiger partial charge in [0.2, 0.25) is 5.91 Å². The number of carbonyl (C=O) groups is 1. The summed E-state index contributed by atoms with van der Waals surface area (Å²) in [6, 6.07) is 10.2. The number of phenols is 1.